The van der Waals surface area contributed by atoms with Crippen LogP contribution in [0.25, 0.3) is 5.70 Å². The first-order valence-electron chi connectivity index (χ1n) is 13.2. The highest BCUT2D eigenvalue weighted by molar-refractivity contribution is 7.16. The Kier molecular flexibility index (Phi) is 9.39. The summed E-state index contributed by atoms with van der Waals surface area (Å²) in [6.07, 6.45) is -1.63. The molecule has 2 aromatic carbocycles. The number of rotatable bonds is 8. The summed E-state index contributed by atoms with van der Waals surface area (Å²) in [5.74, 6) is 5.40. The lowest BCUT2D eigenvalue weighted by atomic mass is 10.1. The number of nitrogens with one attached hydrogen (secondary N) is 2. The molecule has 3 aromatic rings. The predicted molar refractivity (Wildman–Crippen MR) is 160 cm³/mol. The van der Waals surface area contributed by atoms with Crippen LogP contribution in [0.4, 0.5) is 35.4 Å². The molecule has 2 heterocycles. The van der Waals surface area contributed by atoms with Gasteiger partial charge in [0.25, 0.3) is 5.91 Å². The molecule has 1 aromatic heterocycles. The average molecular weight is 603 g/mol. The average Bonchev–Trinajstić information content (AvgIpc) is 3.40. The Bertz CT molecular complexity index is 1480. The Balaban J connectivity index is 1.55. The molecule has 1 saturated heterocycles. The lowest BCUT2D eigenvalue weighted by molar-refractivity contribution is -0.137. The molecule has 0 atom stereocenters. The van der Waals surface area contributed by atoms with Crippen molar-refractivity contribution in [3.8, 4) is 0 Å². The maximum atomic E-state index is 13.8. The minimum Gasteiger partial charge on any atom is -0.396 e. The van der Waals surface area contributed by atoms with Crippen LogP contribution in [0.5, 0.6) is 0 Å². The third kappa shape index (κ3) is 7.57. The smallest absolute Gasteiger partial charge is 0.396 e. The van der Waals surface area contributed by atoms with Crippen molar-refractivity contribution in [1.29, 1.82) is 0 Å². The number of carbonyl (C=O) groups excluding carboxylic acids is 2. The number of amides is 2. The van der Waals surface area contributed by atoms with Crippen LogP contribution in [0, 0.1) is 6.92 Å². The Labute approximate surface area is 245 Å². The van der Waals surface area contributed by atoms with Gasteiger partial charge in [-0.1, -0.05) is 24.3 Å². The number of benzene rings is 2. The van der Waals surface area contributed by atoms with Crippen LogP contribution in [0.3, 0.4) is 0 Å². The molecule has 2 amide bonds. The fraction of sp³-hybridized carbons (Fsp3) is 0.321. The summed E-state index contributed by atoms with van der Waals surface area (Å²) in [6.45, 7) is 8.75. The maximum absolute atomic E-state index is 13.8. The molecule has 42 heavy (non-hydrogen) atoms. The molecule has 224 valence electrons. The van der Waals surface area contributed by atoms with Crippen molar-refractivity contribution < 1.29 is 22.8 Å². The largest absolute Gasteiger partial charge is 0.416 e. The number of hydrogen-bond acceptors (Lipinski definition) is 9. The zero-order valence-corrected chi connectivity index (χ0v) is 24.3. The van der Waals surface area contributed by atoms with Crippen LogP contribution in [-0.4, -0.2) is 54.4 Å². The molecule has 1 aliphatic rings. The van der Waals surface area contributed by atoms with E-state index in [1.165, 1.54) is 41.7 Å². The number of thiazole rings is 1. The van der Waals surface area contributed by atoms with Gasteiger partial charge in [0.15, 0.2) is 5.13 Å². The molecule has 1 fully saturated rings. The van der Waals surface area contributed by atoms with Crippen LogP contribution in [0.1, 0.15) is 40.2 Å². The fourth-order valence-corrected chi connectivity index (χ4v) is 5.27. The van der Waals surface area contributed by atoms with Gasteiger partial charge in [0.2, 0.25) is 5.91 Å². The molecular formula is C28H33F3N8O2S. The van der Waals surface area contributed by atoms with E-state index in [1.54, 1.807) is 25.1 Å². The van der Waals surface area contributed by atoms with Crippen LogP contribution < -0.4 is 32.1 Å². The summed E-state index contributed by atoms with van der Waals surface area (Å²) in [4.78, 5) is 33.3. The molecule has 14 heteroatoms. The summed E-state index contributed by atoms with van der Waals surface area (Å²) in [5, 5.41) is 6.84. The van der Waals surface area contributed by atoms with Gasteiger partial charge in [-0.2, -0.15) is 13.2 Å². The number of alkyl halides is 3. The molecule has 0 saturated carbocycles. The zero-order valence-electron chi connectivity index (χ0n) is 23.5. The summed E-state index contributed by atoms with van der Waals surface area (Å²) < 4.78 is 41.3. The normalized spacial score (nSPS) is 14.5. The predicted octanol–water partition coefficient (Wildman–Crippen LogP) is 4.46. The number of nitrogens with two attached hydrogens (primary N) is 2. The number of piperazine rings is 1. The number of halogens is 3. The summed E-state index contributed by atoms with van der Waals surface area (Å²) >= 11 is 1.17. The van der Waals surface area contributed by atoms with Gasteiger partial charge in [0.1, 0.15) is 0 Å². The van der Waals surface area contributed by atoms with E-state index in [0.717, 1.165) is 37.3 Å². The zero-order chi connectivity index (χ0) is 30.6. The first-order chi connectivity index (χ1) is 19.8. The van der Waals surface area contributed by atoms with Gasteiger partial charge in [-0.15, -0.1) is 0 Å². The second-order valence-electron chi connectivity index (χ2n) is 9.85. The number of hydrazine groups is 1. The third-order valence-electron chi connectivity index (χ3n) is 6.79. The van der Waals surface area contributed by atoms with Gasteiger partial charge in [0, 0.05) is 62.4 Å². The van der Waals surface area contributed by atoms with Crippen molar-refractivity contribution in [2.45, 2.75) is 26.9 Å². The molecular weight excluding hydrogens is 569 g/mol. The number of hydrogen-bond donors (Lipinski definition) is 4. The summed E-state index contributed by atoms with van der Waals surface area (Å²) in [6, 6.07) is 8.39. The third-order valence-corrected chi connectivity index (χ3v) is 7.75. The first-order valence-corrected chi connectivity index (χ1v) is 14.0. The lowest BCUT2D eigenvalue weighted by Gasteiger charge is -2.36. The molecule has 0 bridgehead atoms. The second kappa shape index (κ2) is 12.8. The number of carbonyl (C=O) groups is 2. The number of nitrogens with zero attached hydrogens (tertiary/aromatic N) is 4. The van der Waals surface area contributed by atoms with E-state index >= 15 is 0 Å². The molecule has 4 rings (SSSR count). The summed E-state index contributed by atoms with van der Waals surface area (Å²) in [5.41, 5.74) is 7.45. The van der Waals surface area contributed by atoms with Crippen LogP contribution >= 0.6 is 11.3 Å². The topological polar surface area (TPSA) is 133 Å². The molecule has 1 aliphatic heterocycles. The molecule has 6 N–H and O–H groups in total. The highest BCUT2D eigenvalue weighted by atomic mass is 32.1. The van der Waals surface area contributed by atoms with E-state index in [-0.39, 0.29) is 22.9 Å². The summed E-state index contributed by atoms with van der Waals surface area (Å²) in [7, 11) is 0. The van der Waals surface area contributed by atoms with Crippen LogP contribution in [0.2, 0.25) is 0 Å². The maximum Gasteiger partial charge on any atom is 0.416 e. The quantitative estimate of drug-likeness (QED) is 0.220. The molecule has 0 radical (unpaired) electrons. The van der Waals surface area contributed by atoms with Crippen molar-refractivity contribution in [2.24, 2.45) is 11.6 Å². The first kappa shape index (κ1) is 30.8. The number of anilines is 4. The van der Waals surface area contributed by atoms with Gasteiger partial charge in [-0.3, -0.25) is 14.6 Å². The Morgan fingerprint density at radius 1 is 1.12 bits per heavy atom. The lowest BCUT2D eigenvalue weighted by Crippen LogP contribution is -2.46. The van der Waals surface area contributed by atoms with Crippen molar-refractivity contribution in [3.05, 3.63) is 70.4 Å². The van der Waals surface area contributed by atoms with Gasteiger partial charge in [-0.05, 0) is 49.4 Å². The van der Waals surface area contributed by atoms with E-state index < -0.39 is 17.6 Å². The standard InChI is InChI=1S/C28H33F3N8O2S/c1-4-37-7-9-38(10-8-37)22-13-20(28(29,30)31)12-21(14-22)36-26(41)19-6-5-17(2)24(11-19)39(33)16-23(32)25-15-34-27(42-25)35-18(3)40/h5-6,11-16H,4,7-10,32-33H2,1-3H3,(H,36,41)(H,34,35,40)/b23-16-. The second-order valence-corrected chi connectivity index (χ2v) is 10.9. The molecule has 0 unspecified atom stereocenters. The molecule has 0 aliphatic carbocycles. The van der Waals surface area contributed by atoms with Gasteiger partial charge in [-0.25, -0.2) is 10.8 Å². The minimum atomic E-state index is -4.58. The molecule has 0 spiro atoms. The monoisotopic (exact) mass is 602 g/mol. The Hall–Kier alpha value is -4.14. The van der Waals surface area contributed by atoms with Crippen molar-refractivity contribution >= 4 is 51.0 Å². The SMILES string of the molecule is CCN1CCN(c2cc(NC(=O)c3ccc(C)c(N(N)/C=C(\N)c4cnc(NC(C)=O)s4)c3)cc(C(F)(F)F)c2)CC1. The number of likely N-dealkylation sites (N-methyl/N-ethyl adjacent to an activating group) is 1. The van der Waals surface area contributed by atoms with Crippen molar-refractivity contribution in [3.63, 3.8) is 0 Å². The van der Waals surface area contributed by atoms with E-state index in [1.807, 2.05) is 11.8 Å². The number of aryl methyl sites for hydroxylation is 1. The minimum absolute atomic E-state index is 0.0405. The number of aromatic nitrogens is 1. The Morgan fingerprint density at radius 2 is 1.83 bits per heavy atom. The van der Waals surface area contributed by atoms with Gasteiger partial charge in [0.05, 0.1) is 21.8 Å². The highest BCUT2D eigenvalue weighted by Crippen LogP contribution is 2.35. The van der Waals surface area contributed by atoms with E-state index in [0.29, 0.717) is 34.5 Å². The molecule has 10 nitrogen and oxygen atoms in total. The highest BCUT2D eigenvalue weighted by Gasteiger charge is 2.32. The fourth-order valence-electron chi connectivity index (χ4n) is 4.48. The van der Waals surface area contributed by atoms with Crippen LogP contribution in [0.15, 0.2) is 48.8 Å². The van der Waals surface area contributed by atoms with E-state index in [9.17, 15) is 22.8 Å². The van der Waals surface area contributed by atoms with E-state index in [4.69, 9.17) is 11.6 Å². The van der Waals surface area contributed by atoms with Gasteiger partial charge >= 0.3 is 6.18 Å². The van der Waals surface area contributed by atoms with Crippen molar-refractivity contribution in [2.75, 3.05) is 53.3 Å². The Morgan fingerprint density at radius 3 is 2.48 bits per heavy atom. The van der Waals surface area contributed by atoms with Gasteiger partial charge < -0.3 is 26.2 Å². The van der Waals surface area contributed by atoms with Crippen LogP contribution in [-0.2, 0) is 11.0 Å². The van der Waals surface area contributed by atoms with E-state index in [2.05, 4.69) is 20.5 Å². The van der Waals surface area contributed by atoms with Crippen molar-refractivity contribution in [1.82, 2.24) is 9.88 Å².